The second kappa shape index (κ2) is 2.27. The van der Waals surface area contributed by atoms with Gasteiger partial charge in [-0.05, 0) is 5.41 Å². The summed E-state index contributed by atoms with van der Waals surface area (Å²) in [4.78, 5) is 0. The molecule has 0 spiro atoms. The van der Waals surface area contributed by atoms with E-state index >= 15 is 0 Å². The van der Waals surface area contributed by atoms with Gasteiger partial charge >= 0.3 is 0 Å². The molecule has 46 valence electrons. The summed E-state index contributed by atoms with van der Waals surface area (Å²) in [5.41, 5.74) is -0.762. The minimum Gasteiger partial charge on any atom is -0.384 e. The molecule has 0 amide bonds. The molecule has 1 rings (SSSR count). The largest absolute Gasteiger partial charge is 0.384 e. The van der Waals surface area contributed by atoms with Gasteiger partial charge in [0.05, 0.1) is 5.03 Å². The zero-order valence-corrected chi connectivity index (χ0v) is 5.49. The molecule has 0 saturated carbocycles. The van der Waals surface area contributed by atoms with Crippen molar-refractivity contribution in [3.05, 3.63) is 10.4 Å². The number of hydrogen-bond acceptors (Lipinski definition) is 3. The van der Waals surface area contributed by atoms with Crippen molar-refractivity contribution in [1.82, 2.24) is 0 Å². The maximum absolute atomic E-state index is 8.80. The lowest BCUT2D eigenvalue weighted by molar-refractivity contribution is 0.108. The third-order valence-corrected chi connectivity index (χ3v) is 2.26. The van der Waals surface area contributed by atoms with E-state index in [1.165, 1.54) is 5.41 Å². The molecule has 2 nitrogen and oxygen atoms in total. The van der Waals surface area contributed by atoms with Crippen molar-refractivity contribution in [2.24, 2.45) is 0 Å². The second-order valence-corrected chi connectivity index (χ2v) is 2.90. The molecule has 1 heterocycles. The Morgan fingerprint density at radius 1 is 1.62 bits per heavy atom. The van der Waals surface area contributed by atoms with Gasteiger partial charge in [-0.25, -0.2) is 0 Å². The van der Waals surface area contributed by atoms with Gasteiger partial charge in [-0.2, -0.15) is 0 Å². The Morgan fingerprint density at radius 3 is 2.38 bits per heavy atom. The lowest BCUT2D eigenvalue weighted by atomic mass is 10.4. The molecular weight excluding hydrogens is 148 g/mol. The maximum Gasteiger partial charge on any atom is 0.134 e. The van der Waals surface area contributed by atoms with Crippen LogP contribution in [0.3, 0.4) is 0 Å². The number of aliphatic hydroxyl groups is 2. The van der Waals surface area contributed by atoms with Gasteiger partial charge in [0.25, 0.3) is 0 Å². The number of halogens is 1. The average Bonchev–Trinajstić information content (AvgIpc) is 1.98. The average molecular weight is 153 g/mol. The predicted octanol–water partition coefficient (Wildman–Crippen LogP) is 0.493. The first kappa shape index (κ1) is 6.42. The quantitative estimate of drug-likeness (QED) is 0.531. The molecule has 0 bridgehead atoms. The maximum atomic E-state index is 8.80. The van der Waals surface area contributed by atoms with E-state index in [-0.39, 0.29) is 0 Å². The van der Waals surface area contributed by atoms with Crippen LogP contribution in [0.2, 0.25) is 0 Å². The Balaban J connectivity index is 2.59. The standard InChI is InChI=1S/C4H5ClO2S/c5-2-1-8-4(7)3(2)6/h1,3-4,6-7H/t3-,4+/m1/s1. The third-order valence-electron chi connectivity index (χ3n) is 0.873. The highest BCUT2D eigenvalue weighted by Crippen LogP contribution is 2.30. The van der Waals surface area contributed by atoms with Crippen molar-refractivity contribution < 1.29 is 10.2 Å². The number of rotatable bonds is 0. The van der Waals surface area contributed by atoms with E-state index in [4.69, 9.17) is 21.8 Å². The summed E-state index contributed by atoms with van der Waals surface area (Å²) in [5.74, 6) is 0. The number of hydrogen-bond donors (Lipinski definition) is 2. The molecule has 2 atom stereocenters. The van der Waals surface area contributed by atoms with Crippen LogP contribution in [0.1, 0.15) is 0 Å². The SMILES string of the molecule is O[C@@H]1C(Cl)=CS[C@@H]1O. The van der Waals surface area contributed by atoms with E-state index in [9.17, 15) is 0 Å². The van der Waals surface area contributed by atoms with Crippen LogP contribution in [-0.4, -0.2) is 21.8 Å². The van der Waals surface area contributed by atoms with Crippen LogP contribution in [0.4, 0.5) is 0 Å². The van der Waals surface area contributed by atoms with Crippen molar-refractivity contribution >= 4 is 23.4 Å². The highest BCUT2D eigenvalue weighted by molar-refractivity contribution is 8.02. The van der Waals surface area contributed by atoms with E-state index in [2.05, 4.69) is 0 Å². The number of thioether (sulfide) groups is 1. The normalized spacial score (nSPS) is 37.6. The molecule has 4 heteroatoms. The van der Waals surface area contributed by atoms with Gasteiger partial charge in [0.15, 0.2) is 0 Å². The van der Waals surface area contributed by atoms with Crippen LogP contribution in [-0.2, 0) is 0 Å². The smallest absolute Gasteiger partial charge is 0.134 e. The van der Waals surface area contributed by atoms with E-state index in [1.807, 2.05) is 0 Å². The minimum absolute atomic E-state index is 0.322. The summed E-state index contributed by atoms with van der Waals surface area (Å²) < 4.78 is 0. The molecular formula is C4H5ClO2S. The van der Waals surface area contributed by atoms with Crippen molar-refractivity contribution in [3.8, 4) is 0 Å². The monoisotopic (exact) mass is 152 g/mol. The number of aliphatic hydroxyl groups excluding tert-OH is 2. The Hall–Kier alpha value is 0.300. The van der Waals surface area contributed by atoms with Crippen LogP contribution in [0.25, 0.3) is 0 Å². The van der Waals surface area contributed by atoms with Crippen LogP contribution in [0.5, 0.6) is 0 Å². The minimum atomic E-state index is -0.873. The molecule has 0 radical (unpaired) electrons. The molecule has 0 fully saturated rings. The fourth-order valence-electron chi connectivity index (χ4n) is 0.415. The van der Waals surface area contributed by atoms with Crippen molar-refractivity contribution in [3.63, 3.8) is 0 Å². The Kier molecular flexibility index (Phi) is 1.82. The summed E-state index contributed by atoms with van der Waals surface area (Å²) in [6, 6.07) is 0. The first-order chi connectivity index (χ1) is 3.72. The van der Waals surface area contributed by atoms with E-state index in [0.29, 0.717) is 5.03 Å². The molecule has 0 unspecified atom stereocenters. The molecule has 0 aromatic heterocycles. The molecule has 1 aliphatic rings. The van der Waals surface area contributed by atoms with Gasteiger partial charge in [-0.3, -0.25) is 0 Å². The highest BCUT2D eigenvalue weighted by Gasteiger charge is 2.24. The first-order valence-corrected chi connectivity index (χ1v) is 3.41. The lowest BCUT2D eigenvalue weighted by Crippen LogP contribution is -2.17. The molecule has 8 heavy (non-hydrogen) atoms. The first-order valence-electron chi connectivity index (χ1n) is 2.09. The van der Waals surface area contributed by atoms with Gasteiger partial charge in [0.2, 0.25) is 0 Å². The second-order valence-electron chi connectivity index (χ2n) is 1.47. The van der Waals surface area contributed by atoms with Gasteiger partial charge in [-0.15, -0.1) is 0 Å². The summed E-state index contributed by atoms with van der Waals surface area (Å²) in [6.07, 6.45) is -0.873. The summed E-state index contributed by atoms with van der Waals surface area (Å²) >= 11 is 6.51. The zero-order chi connectivity index (χ0) is 6.15. The lowest BCUT2D eigenvalue weighted by Gasteiger charge is -2.04. The van der Waals surface area contributed by atoms with E-state index in [0.717, 1.165) is 11.8 Å². The summed E-state index contributed by atoms with van der Waals surface area (Å²) in [7, 11) is 0. The van der Waals surface area contributed by atoms with Crippen LogP contribution in [0, 0.1) is 0 Å². The van der Waals surface area contributed by atoms with Crippen molar-refractivity contribution in [2.45, 2.75) is 11.5 Å². The van der Waals surface area contributed by atoms with E-state index in [1.54, 1.807) is 0 Å². The molecule has 1 aliphatic heterocycles. The summed E-state index contributed by atoms with van der Waals surface area (Å²) in [5, 5.41) is 19.4. The molecule has 0 aromatic carbocycles. The zero-order valence-electron chi connectivity index (χ0n) is 3.91. The van der Waals surface area contributed by atoms with Gasteiger partial charge < -0.3 is 10.2 Å². The van der Waals surface area contributed by atoms with Crippen molar-refractivity contribution in [2.75, 3.05) is 0 Å². The predicted molar refractivity (Wildman–Crippen MR) is 33.5 cm³/mol. The van der Waals surface area contributed by atoms with Gasteiger partial charge in [-0.1, -0.05) is 23.4 Å². The Bertz CT molecular complexity index is 125. The molecule has 0 saturated heterocycles. The fourth-order valence-corrected chi connectivity index (χ4v) is 1.47. The van der Waals surface area contributed by atoms with Crippen LogP contribution < -0.4 is 0 Å². The van der Waals surface area contributed by atoms with Gasteiger partial charge in [0.1, 0.15) is 11.5 Å². The van der Waals surface area contributed by atoms with Crippen molar-refractivity contribution in [1.29, 1.82) is 0 Å². The third kappa shape index (κ3) is 1.00. The summed E-state index contributed by atoms with van der Waals surface area (Å²) in [6.45, 7) is 0. The van der Waals surface area contributed by atoms with Crippen LogP contribution in [0.15, 0.2) is 10.4 Å². The highest BCUT2D eigenvalue weighted by atomic mass is 35.5. The van der Waals surface area contributed by atoms with E-state index < -0.39 is 11.5 Å². The Morgan fingerprint density at radius 2 is 2.25 bits per heavy atom. The topological polar surface area (TPSA) is 40.5 Å². The van der Waals surface area contributed by atoms with Crippen LogP contribution >= 0.6 is 23.4 Å². The Labute approximate surface area is 56.2 Å². The molecule has 0 aliphatic carbocycles. The fraction of sp³-hybridized carbons (Fsp3) is 0.500. The molecule has 0 aromatic rings. The van der Waals surface area contributed by atoms with Gasteiger partial charge in [0, 0.05) is 0 Å². The molecule has 2 N–H and O–H groups in total.